The third-order valence-electron chi connectivity index (χ3n) is 2.43. The summed E-state index contributed by atoms with van der Waals surface area (Å²) in [7, 11) is 0. The van der Waals surface area contributed by atoms with Crippen molar-refractivity contribution in [2.75, 3.05) is 19.8 Å². The first-order valence-corrected chi connectivity index (χ1v) is 6.43. The summed E-state index contributed by atoms with van der Waals surface area (Å²) in [5, 5.41) is 12.3. The lowest BCUT2D eigenvalue weighted by Gasteiger charge is -2.20. The minimum atomic E-state index is -0.337. The fourth-order valence-corrected chi connectivity index (χ4v) is 2.30. The number of benzene rings is 1. The molecule has 1 aromatic rings. The summed E-state index contributed by atoms with van der Waals surface area (Å²) in [6.45, 7) is 4.20. The summed E-state index contributed by atoms with van der Waals surface area (Å²) in [4.78, 5) is 0. The van der Waals surface area contributed by atoms with Gasteiger partial charge in [-0.2, -0.15) is 0 Å². The highest BCUT2D eigenvalue weighted by Crippen LogP contribution is 2.38. The van der Waals surface area contributed by atoms with Crippen LogP contribution < -0.4 is 14.8 Å². The van der Waals surface area contributed by atoms with Crippen LogP contribution in [-0.2, 0) is 6.54 Å². The van der Waals surface area contributed by atoms with Gasteiger partial charge in [0.15, 0.2) is 11.5 Å². The molecule has 0 spiro atoms. The topological polar surface area (TPSA) is 50.7 Å². The number of aliphatic hydroxyl groups is 1. The van der Waals surface area contributed by atoms with Crippen molar-refractivity contribution in [2.24, 2.45) is 0 Å². The van der Waals surface area contributed by atoms with Gasteiger partial charge in [-0.3, -0.25) is 0 Å². The summed E-state index contributed by atoms with van der Waals surface area (Å²) in [6, 6.07) is 3.97. The first-order chi connectivity index (χ1) is 8.16. The normalized spacial score (nSPS) is 15.7. The van der Waals surface area contributed by atoms with Gasteiger partial charge >= 0.3 is 0 Å². The average molecular weight is 302 g/mol. The third kappa shape index (κ3) is 3.34. The second-order valence-corrected chi connectivity index (χ2v) is 4.94. The van der Waals surface area contributed by atoms with Crippen molar-refractivity contribution in [2.45, 2.75) is 19.6 Å². The van der Waals surface area contributed by atoms with Crippen LogP contribution in [-0.4, -0.2) is 31.0 Å². The van der Waals surface area contributed by atoms with Crippen molar-refractivity contribution in [3.8, 4) is 11.5 Å². The molecule has 0 amide bonds. The molecule has 1 heterocycles. The highest BCUT2D eigenvalue weighted by molar-refractivity contribution is 9.10. The van der Waals surface area contributed by atoms with Gasteiger partial charge in [-0.1, -0.05) is 0 Å². The molecule has 1 aliphatic heterocycles. The van der Waals surface area contributed by atoms with E-state index in [1.165, 1.54) is 0 Å². The van der Waals surface area contributed by atoms with E-state index in [-0.39, 0.29) is 6.10 Å². The molecule has 2 rings (SSSR count). The molecule has 0 saturated heterocycles. The van der Waals surface area contributed by atoms with Crippen molar-refractivity contribution >= 4 is 15.9 Å². The fourth-order valence-electron chi connectivity index (χ4n) is 1.69. The lowest BCUT2D eigenvalue weighted by molar-refractivity contribution is 0.170. The van der Waals surface area contributed by atoms with E-state index >= 15 is 0 Å². The van der Waals surface area contributed by atoms with Crippen molar-refractivity contribution in [1.82, 2.24) is 5.32 Å². The van der Waals surface area contributed by atoms with E-state index in [0.29, 0.717) is 26.3 Å². The SMILES string of the molecule is CC(O)CNCc1cc(Br)c2c(c1)OCCO2. The van der Waals surface area contributed by atoms with Crippen LogP contribution in [0.4, 0.5) is 0 Å². The molecule has 4 nitrogen and oxygen atoms in total. The number of fused-ring (bicyclic) bond motifs is 1. The first-order valence-electron chi connectivity index (χ1n) is 5.63. The van der Waals surface area contributed by atoms with E-state index in [1.54, 1.807) is 6.92 Å². The number of ether oxygens (including phenoxy) is 2. The summed E-state index contributed by atoms with van der Waals surface area (Å²) < 4.78 is 12.0. The van der Waals surface area contributed by atoms with E-state index in [0.717, 1.165) is 21.5 Å². The second-order valence-electron chi connectivity index (χ2n) is 4.08. The fraction of sp³-hybridized carbons (Fsp3) is 0.500. The van der Waals surface area contributed by atoms with E-state index in [1.807, 2.05) is 12.1 Å². The smallest absolute Gasteiger partial charge is 0.175 e. The number of rotatable bonds is 4. The zero-order valence-corrected chi connectivity index (χ0v) is 11.3. The number of hydrogen-bond acceptors (Lipinski definition) is 4. The van der Waals surface area contributed by atoms with Crippen LogP contribution in [0.15, 0.2) is 16.6 Å². The van der Waals surface area contributed by atoms with Crippen molar-refractivity contribution in [3.05, 3.63) is 22.2 Å². The standard InChI is InChI=1S/C12H16BrNO3/c1-8(15)6-14-7-9-4-10(13)12-11(5-9)16-2-3-17-12/h4-5,8,14-15H,2-3,6-7H2,1H3. The molecular formula is C12H16BrNO3. The molecule has 0 aromatic heterocycles. The predicted molar refractivity (Wildman–Crippen MR) is 68.5 cm³/mol. The predicted octanol–water partition coefficient (Wildman–Crippen LogP) is 1.69. The van der Waals surface area contributed by atoms with E-state index < -0.39 is 0 Å². The zero-order chi connectivity index (χ0) is 12.3. The Hall–Kier alpha value is -0.780. The molecule has 0 aliphatic carbocycles. The average Bonchev–Trinajstić information content (AvgIpc) is 2.28. The Balaban J connectivity index is 2.06. The van der Waals surface area contributed by atoms with Gasteiger partial charge in [-0.15, -0.1) is 0 Å². The lowest BCUT2D eigenvalue weighted by atomic mass is 10.2. The number of halogens is 1. The minimum absolute atomic E-state index is 0.337. The largest absolute Gasteiger partial charge is 0.486 e. The third-order valence-corrected chi connectivity index (χ3v) is 3.01. The quantitative estimate of drug-likeness (QED) is 0.889. The van der Waals surface area contributed by atoms with Crippen LogP contribution in [0.1, 0.15) is 12.5 Å². The maximum absolute atomic E-state index is 9.16. The Morgan fingerprint density at radius 3 is 2.94 bits per heavy atom. The van der Waals surface area contributed by atoms with Gasteiger partial charge in [0.2, 0.25) is 0 Å². The van der Waals surface area contributed by atoms with Gasteiger partial charge in [-0.05, 0) is 40.5 Å². The lowest BCUT2D eigenvalue weighted by Crippen LogP contribution is -2.24. The molecule has 17 heavy (non-hydrogen) atoms. The molecular weight excluding hydrogens is 286 g/mol. The number of hydrogen-bond donors (Lipinski definition) is 2. The molecule has 0 fully saturated rings. The molecule has 0 bridgehead atoms. The summed E-state index contributed by atoms with van der Waals surface area (Å²) >= 11 is 3.47. The van der Waals surface area contributed by atoms with E-state index in [4.69, 9.17) is 14.6 Å². The van der Waals surface area contributed by atoms with Crippen molar-refractivity contribution < 1.29 is 14.6 Å². The van der Waals surface area contributed by atoms with Crippen LogP contribution in [0, 0.1) is 0 Å². The Kier molecular flexibility index (Phi) is 4.25. The van der Waals surface area contributed by atoms with Crippen molar-refractivity contribution in [1.29, 1.82) is 0 Å². The molecule has 5 heteroatoms. The van der Waals surface area contributed by atoms with Crippen LogP contribution in [0.25, 0.3) is 0 Å². The Morgan fingerprint density at radius 1 is 1.41 bits per heavy atom. The minimum Gasteiger partial charge on any atom is -0.486 e. The zero-order valence-electron chi connectivity index (χ0n) is 9.70. The molecule has 0 radical (unpaired) electrons. The molecule has 2 N–H and O–H groups in total. The molecule has 94 valence electrons. The molecule has 0 saturated carbocycles. The highest BCUT2D eigenvalue weighted by atomic mass is 79.9. The summed E-state index contributed by atoms with van der Waals surface area (Å²) in [5.41, 5.74) is 1.10. The Labute approximate surface area is 109 Å². The second kappa shape index (κ2) is 5.71. The van der Waals surface area contributed by atoms with Crippen LogP contribution in [0.3, 0.4) is 0 Å². The van der Waals surface area contributed by atoms with Crippen LogP contribution in [0.2, 0.25) is 0 Å². The molecule has 1 unspecified atom stereocenters. The molecule has 1 aromatic carbocycles. The van der Waals surface area contributed by atoms with Gasteiger partial charge in [0.1, 0.15) is 13.2 Å². The summed E-state index contributed by atoms with van der Waals surface area (Å²) in [6.07, 6.45) is -0.337. The maximum Gasteiger partial charge on any atom is 0.175 e. The van der Waals surface area contributed by atoms with E-state index in [9.17, 15) is 0 Å². The van der Waals surface area contributed by atoms with E-state index in [2.05, 4.69) is 21.2 Å². The van der Waals surface area contributed by atoms with Gasteiger partial charge < -0.3 is 19.9 Å². The Morgan fingerprint density at radius 2 is 2.18 bits per heavy atom. The first kappa shape index (κ1) is 12.7. The molecule has 1 aliphatic rings. The number of nitrogens with one attached hydrogen (secondary N) is 1. The maximum atomic E-state index is 9.16. The Bertz CT molecular complexity index is 396. The number of aliphatic hydroxyl groups excluding tert-OH is 1. The summed E-state index contributed by atoms with van der Waals surface area (Å²) in [5.74, 6) is 1.55. The monoisotopic (exact) mass is 301 g/mol. The van der Waals surface area contributed by atoms with Gasteiger partial charge in [-0.25, -0.2) is 0 Å². The van der Waals surface area contributed by atoms with Gasteiger partial charge in [0, 0.05) is 13.1 Å². The van der Waals surface area contributed by atoms with Gasteiger partial charge in [0.05, 0.1) is 10.6 Å². The van der Waals surface area contributed by atoms with Crippen LogP contribution >= 0.6 is 15.9 Å². The van der Waals surface area contributed by atoms with Crippen LogP contribution in [0.5, 0.6) is 11.5 Å². The van der Waals surface area contributed by atoms with Gasteiger partial charge in [0.25, 0.3) is 0 Å². The molecule has 1 atom stereocenters. The highest BCUT2D eigenvalue weighted by Gasteiger charge is 2.16. The van der Waals surface area contributed by atoms with Crippen molar-refractivity contribution in [3.63, 3.8) is 0 Å².